The molecule has 1 unspecified atom stereocenters. The lowest BCUT2D eigenvalue weighted by molar-refractivity contribution is -0.141. The van der Waals surface area contributed by atoms with Gasteiger partial charge in [-0.3, -0.25) is 14.4 Å². The highest BCUT2D eigenvalue weighted by atomic mass is 16.4. The predicted octanol–water partition coefficient (Wildman–Crippen LogP) is 3.82. The summed E-state index contributed by atoms with van der Waals surface area (Å²) in [5, 5.41) is 11.8. The molecule has 154 valence electrons. The average molecular weight is 396 g/mol. The molecule has 0 fully saturated rings. The zero-order chi connectivity index (χ0) is 21.6. The van der Waals surface area contributed by atoms with Crippen molar-refractivity contribution in [2.24, 2.45) is 11.8 Å². The van der Waals surface area contributed by atoms with Crippen molar-refractivity contribution in [2.75, 3.05) is 12.4 Å². The Hall–Kier alpha value is -3.15. The van der Waals surface area contributed by atoms with Crippen LogP contribution < -0.4 is 5.32 Å². The number of hydrogen-bond donors (Lipinski definition) is 2. The Bertz CT molecular complexity index is 857. The molecule has 0 aliphatic carbocycles. The third kappa shape index (κ3) is 6.45. The molecule has 29 heavy (non-hydrogen) atoms. The molecule has 2 aromatic carbocycles. The van der Waals surface area contributed by atoms with Crippen molar-refractivity contribution in [3.8, 4) is 0 Å². The minimum absolute atomic E-state index is 0.0521. The van der Waals surface area contributed by atoms with E-state index in [2.05, 4.69) is 5.32 Å². The SMILES string of the molecule is CC(C)C(=O)N(C)Cc1ccc(C(=O)Nc2ccc(CC(C)C(=O)O)cc2)cc1. The van der Waals surface area contributed by atoms with Gasteiger partial charge in [0.15, 0.2) is 0 Å². The quantitative estimate of drug-likeness (QED) is 0.710. The van der Waals surface area contributed by atoms with Crippen LogP contribution in [0.4, 0.5) is 5.69 Å². The van der Waals surface area contributed by atoms with Crippen molar-refractivity contribution in [1.82, 2.24) is 4.90 Å². The molecule has 6 heteroatoms. The van der Waals surface area contributed by atoms with Crippen molar-refractivity contribution >= 4 is 23.5 Å². The highest BCUT2D eigenvalue weighted by molar-refractivity contribution is 6.04. The van der Waals surface area contributed by atoms with Crippen LogP contribution in [0.5, 0.6) is 0 Å². The minimum Gasteiger partial charge on any atom is -0.481 e. The molecule has 1 atom stereocenters. The van der Waals surface area contributed by atoms with E-state index in [4.69, 9.17) is 5.11 Å². The summed E-state index contributed by atoms with van der Waals surface area (Å²) in [4.78, 5) is 37.0. The van der Waals surface area contributed by atoms with Crippen molar-refractivity contribution in [1.29, 1.82) is 0 Å². The van der Waals surface area contributed by atoms with Gasteiger partial charge in [-0.05, 0) is 41.8 Å². The van der Waals surface area contributed by atoms with Gasteiger partial charge in [-0.1, -0.05) is 45.0 Å². The number of aliphatic carboxylic acids is 1. The lowest BCUT2D eigenvalue weighted by Gasteiger charge is -2.19. The van der Waals surface area contributed by atoms with Crippen LogP contribution in [0.2, 0.25) is 0 Å². The molecule has 2 aromatic rings. The Morgan fingerprint density at radius 2 is 1.48 bits per heavy atom. The molecule has 0 heterocycles. The number of carbonyl (C=O) groups excluding carboxylic acids is 2. The van der Waals surface area contributed by atoms with Crippen molar-refractivity contribution < 1.29 is 19.5 Å². The molecule has 0 saturated carbocycles. The Morgan fingerprint density at radius 1 is 0.931 bits per heavy atom. The molecule has 0 radical (unpaired) electrons. The molecule has 0 aliphatic rings. The number of anilines is 1. The first-order valence-corrected chi connectivity index (χ1v) is 9.64. The first-order valence-electron chi connectivity index (χ1n) is 9.64. The topological polar surface area (TPSA) is 86.7 Å². The number of benzene rings is 2. The predicted molar refractivity (Wildman–Crippen MR) is 113 cm³/mol. The molecule has 6 nitrogen and oxygen atoms in total. The van der Waals surface area contributed by atoms with E-state index in [1.54, 1.807) is 43.1 Å². The first-order chi connectivity index (χ1) is 13.7. The number of amides is 2. The molecular formula is C23H28N2O4. The summed E-state index contributed by atoms with van der Waals surface area (Å²) < 4.78 is 0. The maximum atomic E-state index is 12.4. The Labute approximate surface area is 171 Å². The van der Waals surface area contributed by atoms with Crippen molar-refractivity contribution in [3.63, 3.8) is 0 Å². The second kappa shape index (κ2) is 9.87. The van der Waals surface area contributed by atoms with Crippen molar-refractivity contribution in [3.05, 3.63) is 65.2 Å². The van der Waals surface area contributed by atoms with E-state index in [1.165, 1.54) is 0 Å². The average Bonchev–Trinajstić information content (AvgIpc) is 2.69. The van der Waals surface area contributed by atoms with Crippen LogP contribution in [0.1, 0.15) is 42.3 Å². The summed E-state index contributed by atoms with van der Waals surface area (Å²) in [6.07, 6.45) is 0.443. The second-order valence-corrected chi connectivity index (χ2v) is 7.64. The molecule has 0 saturated heterocycles. The third-order valence-corrected chi connectivity index (χ3v) is 4.68. The van der Waals surface area contributed by atoms with E-state index in [0.29, 0.717) is 24.2 Å². The second-order valence-electron chi connectivity index (χ2n) is 7.64. The minimum atomic E-state index is -0.828. The third-order valence-electron chi connectivity index (χ3n) is 4.68. The zero-order valence-electron chi connectivity index (χ0n) is 17.3. The summed E-state index contributed by atoms with van der Waals surface area (Å²) in [5.41, 5.74) is 3.03. The summed E-state index contributed by atoms with van der Waals surface area (Å²) in [6.45, 7) is 5.89. The first kappa shape index (κ1) is 22.1. The zero-order valence-corrected chi connectivity index (χ0v) is 17.3. The Balaban J connectivity index is 1.95. The number of carboxylic acids is 1. The molecular weight excluding hydrogens is 368 g/mol. The van der Waals surface area contributed by atoms with Gasteiger partial charge in [-0.2, -0.15) is 0 Å². The molecule has 2 N–H and O–H groups in total. The van der Waals surface area contributed by atoms with Crippen LogP contribution in [0.15, 0.2) is 48.5 Å². The molecule has 0 aromatic heterocycles. The number of carbonyl (C=O) groups is 3. The maximum Gasteiger partial charge on any atom is 0.306 e. The monoisotopic (exact) mass is 396 g/mol. The standard InChI is InChI=1S/C23H28N2O4/c1-15(2)22(27)25(4)14-18-5-9-19(10-6-18)21(26)24-20-11-7-17(8-12-20)13-16(3)23(28)29/h5-12,15-16H,13-14H2,1-4H3,(H,24,26)(H,28,29). The van der Waals surface area contributed by atoms with Crippen LogP contribution in [0, 0.1) is 11.8 Å². The van der Waals surface area contributed by atoms with Gasteiger partial charge in [-0.15, -0.1) is 0 Å². The summed E-state index contributed by atoms with van der Waals surface area (Å²) in [7, 11) is 1.77. The van der Waals surface area contributed by atoms with E-state index >= 15 is 0 Å². The largest absolute Gasteiger partial charge is 0.481 e. The highest BCUT2D eigenvalue weighted by Crippen LogP contribution is 2.15. The fourth-order valence-electron chi connectivity index (χ4n) is 2.92. The van der Waals surface area contributed by atoms with Gasteiger partial charge in [0.2, 0.25) is 5.91 Å². The number of nitrogens with zero attached hydrogens (tertiary/aromatic N) is 1. The summed E-state index contributed by atoms with van der Waals surface area (Å²) >= 11 is 0. The maximum absolute atomic E-state index is 12.4. The van der Waals surface area contributed by atoms with Crippen LogP contribution in [-0.4, -0.2) is 34.8 Å². The van der Waals surface area contributed by atoms with Gasteiger partial charge in [0.1, 0.15) is 0 Å². The number of nitrogens with one attached hydrogen (secondary N) is 1. The van der Waals surface area contributed by atoms with Crippen LogP contribution >= 0.6 is 0 Å². The Morgan fingerprint density at radius 3 is 2.00 bits per heavy atom. The molecule has 0 bridgehead atoms. The summed E-state index contributed by atoms with van der Waals surface area (Å²) in [6, 6.07) is 14.3. The fraction of sp³-hybridized carbons (Fsp3) is 0.348. The van der Waals surface area contributed by atoms with Crippen LogP contribution in [0.25, 0.3) is 0 Å². The highest BCUT2D eigenvalue weighted by Gasteiger charge is 2.14. The normalized spacial score (nSPS) is 11.8. The lowest BCUT2D eigenvalue weighted by atomic mass is 10.0. The van der Waals surface area contributed by atoms with E-state index in [-0.39, 0.29) is 17.7 Å². The van der Waals surface area contributed by atoms with Crippen molar-refractivity contribution in [2.45, 2.75) is 33.7 Å². The molecule has 0 aliphatic heterocycles. The van der Waals surface area contributed by atoms with Gasteiger partial charge >= 0.3 is 5.97 Å². The molecule has 2 rings (SSSR count). The molecule has 2 amide bonds. The van der Waals surface area contributed by atoms with E-state index < -0.39 is 11.9 Å². The Kier molecular flexibility index (Phi) is 7.53. The van der Waals surface area contributed by atoms with Gasteiger partial charge in [0.05, 0.1) is 5.92 Å². The van der Waals surface area contributed by atoms with Gasteiger partial charge in [0.25, 0.3) is 5.91 Å². The number of hydrogen-bond acceptors (Lipinski definition) is 3. The van der Waals surface area contributed by atoms with Crippen LogP contribution in [0.3, 0.4) is 0 Å². The fourth-order valence-corrected chi connectivity index (χ4v) is 2.92. The van der Waals surface area contributed by atoms with Gasteiger partial charge in [-0.25, -0.2) is 0 Å². The van der Waals surface area contributed by atoms with Gasteiger partial charge in [0, 0.05) is 30.8 Å². The van der Waals surface area contributed by atoms with E-state index in [9.17, 15) is 14.4 Å². The van der Waals surface area contributed by atoms with Crippen LogP contribution in [-0.2, 0) is 22.6 Å². The number of carboxylic acid groups (broad SMARTS) is 1. The van der Waals surface area contributed by atoms with Gasteiger partial charge < -0.3 is 15.3 Å². The molecule has 0 spiro atoms. The lowest BCUT2D eigenvalue weighted by Crippen LogP contribution is -2.29. The summed E-state index contributed by atoms with van der Waals surface area (Å²) in [5.74, 6) is -1.49. The van der Waals surface area contributed by atoms with E-state index in [1.807, 2.05) is 38.1 Å². The number of rotatable bonds is 8. The van der Waals surface area contributed by atoms with E-state index in [0.717, 1.165) is 11.1 Å². The smallest absolute Gasteiger partial charge is 0.306 e.